The van der Waals surface area contributed by atoms with Crippen LogP contribution in [0.25, 0.3) is 37.5 Å². The number of rotatable bonds is 3. The summed E-state index contributed by atoms with van der Waals surface area (Å²) in [4.78, 5) is 9.52. The number of benzene rings is 3. The molecular weight excluding hydrogens is 340 g/mol. The van der Waals surface area contributed by atoms with Crippen molar-refractivity contribution >= 4 is 32.6 Å². The Morgan fingerprint density at radius 1 is 0.846 bits per heavy atom. The molecule has 0 atom stereocenters. The minimum atomic E-state index is 0.389. The highest BCUT2D eigenvalue weighted by atomic mass is 32.1. The lowest BCUT2D eigenvalue weighted by molar-refractivity contribution is 0.882. The van der Waals surface area contributed by atoms with Gasteiger partial charge < -0.3 is 5.73 Å². The van der Waals surface area contributed by atoms with Crippen molar-refractivity contribution in [2.75, 3.05) is 0 Å². The van der Waals surface area contributed by atoms with Crippen LogP contribution in [0.4, 0.5) is 0 Å². The lowest BCUT2D eigenvalue weighted by Gasteiger charge is -2.07. The molecule has 5 aromatic rings. The number of hydrogen-bond acceptors (Lipinski definition) is 4. The molecule has 0 aliphatic carbocycles. The number of imidazole rings is 1. The smallest absolute Gasteiger partial charge is 0.128 e. The third-order valence-electron chi connectivity index (χ3n) is 4.46. The van der Waals surface area contributed by atoms with Crippen molar-refractivity contribution in [3.63, 3.8) is 0 Å². The van der Waals surface area contributed by atoms with Gasteiger partial charge in [-0.05, 0) is 42.5 Å². The number of para-hydroxylation sites is 2. The molecule has 0 fully saturated rings. The third-order valence-corrected chi connectivity index (χ3v) is 5.55. The maximum Gasteiger partial charge on any atom is 0.128 e. The molecule has 0 spiro atoms. The number of thiazole rings is 1. The predicted molar refractivity (Wildman–Crippen MR) is 108 cm³/mol. The molecular formula is C21H16N4S. The first-order chi connectivity index (χ1) is 12.8. The summed E-state index contributed by atoms with van der Waals surface area (Å²) in [6.07, 6.45) is 0. The first-order valence-electron chi connectivity index (χ1n) is 8.46. The lowest BCUT2D eigenvalue weighted by Crippen LogP contribution is -2.06. The summed E-state index contributed by atoms with van der Waals surface area (Å²) in [5, 5.41) is 1.01. The van der Waals surface area contributed by atoms with Crippen molar-refractivity contribution < 1.29 is 0 Å². The summed E-state index contributed by atoms with van der Waals surface area (Å²) < 4.78 is 3.32. The van der Waals surface area contributed by atoms with Gasteiger partial charge in [0.2, 0.25) is 0 Å². The summed E-state index contributed by atoms with van der Waals surface area (Å²) in [6.45, 7) is 0.389. The van der Waals surface area contributed by atoms with Gasteiger partial charge in [-0.1, -0.05) is 30.3 Å². The number of nitrogens with zero attached hydrogens (tertiary/aromatic N) is 3. The summed E-state index contributed by atoms with van der Waals surface area (Å²) in [7, 11) is 0. The van der Waals surface area contributed by atoms with Crippen LogP contribution in [0.2, 0.25) is 0 Å². The molecule has 2 heterocycles. The normalized spacial score (nSPS) is 11.4. The largest absolute Gasteiger partial charge is 0.324 e. The molecule has 3 aromatic carbocycles. The average molecular weight is 356 g/mol. The molecule has 0 saturated heterocycles. The summed E-state index contributed by atoms with van der Waals surface area (Å²) in [5.74, 6) is 0.854. The van der Waals surface area contributed by atoms with Gasteiger partial charge in [0.15, 0.2) is 0 Å². The van der Waals surface area contributed by atoms with E-state index in [9.17, 15) is 0 Å². The van der Waals surface area contributed by atoms with Gasteiger partial charge >= 0.3 is 0 Å². The Kier molecular flexibility index (Phi) is 3.55. The Labute approximate surface area is 154 Å². The number of hydrogen-bond donors (Lipinski definition) is 1. The Morgan fingerprint density at radius 3 is 2.46 bits per heavy atom. The fourth-order valence-corrected chi connectivity index (χ4v) is 4.22. The Hall–Kier alpha value is -3.02. The number of nitrogens with two attached hydrogens (primary N) is 1. The molecule has 2 N–H and O–H groups in total. The molecule has 0 amide bonds. The maximum absolute atomic E-state index is 5.96. The van der Waals surface area contributed by atoms with E-state index in [2.05, 4.69) is 41.0 Å². The summed E-state index contributed by atoms with van der Waals surface area (Å²) in [6, 6.07) is 24.7. The molecule has 0 unspecified atom stereocenters. The second kappa shape index (κ2) is 6.05. The van der Waals surface area contributed by atoms with Gasteiger partial charge in [-0.3, -0.25) is 4.57 Å². The minimum Gasteiger partial charge on any atom is -0.324 e. The summed E-state index contributed by atoms with van der Waals surface area (Å²) >= 11 is 1.70. The highest BCUT2D eigenvalue weighted by Gasteiger charge is 2.13. The first kappa shape index (κ1) is 15.3. The van der Waals surface area contributed by atoms with Crippen LogP contribution >= 0.6 is 11.3 Å². The van der Waals surface area contributed by atoms with Gasteiger partial charge in [0, 0.05) is 11.3 Å². The van der Waals surface area contributed by atoms with E-state index >= 15 is 0 Å². The Bertz CT molecular complexity index is 1190. The van der Waals surface area contributed by atoms with E-state index in [4.69, 9.17) is 15.7 Å². The molecule has 26 heavy (non-hydrogen) atoms. The van der Waals surface area contributed by atoms with Gasteiger partial charge in [0.25, 0.3) is 0 Å². The van der Waals surface area contributed by atoms with Crippen LogP contribution in [0.15, 0.2) is 72.8 Å². The van der Waals surface area contributed by atoms with Crippen LogP contribution < -0.4 is 5.73 Å². The molecule has 0 aliphatic rings. The van der Waals surface area contributed by atoms with Crippen LogP contribution in [0.1, 0.15) is 5.82 Å². The van der Waals surface area contributed by atoms with Crippen molar-refractivity contribution in [3.8, 4) is 16.3 Å². The molecule has 0 aliphatic heterocycles. The fraction of sp³-hybridized carbons (Fsp3) is 0.0476. The van der Waals surface area contributed by atoms with E-state index < -0.39 is 0 Å². The minimum absolute atomic E-state index is 0.389. The fourth-order valence-electron chi connectivity index (χ4n) is 3.26. The molecule has 4 nitrogen and oxygen atoms in total. The molecule has 0 radical (unpaired) electrons. The van der Waals surface area contributed by atoms with Gasteiger partial charge in [-0.15, -0.1) is 11.3 Å². The van der Waals surface area contributed by atoms with E-state index in [0.29, 0.717) is 6.54 Å². The molecule has 126 valence electrons. The van der Waals surface area contributed by atoms with E-state index in [-0.39, 0.29) is 0 Å². The van der Waals surface area contributed by atoms with Crippen LogP contribution in [-0.4, -0.2) is 14.5 Å². The van der Waals surface area contributed by atoms with Gasteiger partial charge in [-0.25, -0.2) is 9.97 Å². The zero-order valence-electron chi connectivity index (χ0n) is 14.0. The highest BCUT2D eigenvalue weighted by Crippen LogP contribution is 2.32. The van der Waals surface area contributed by atoms with E-state index in [0.717, 1.165) is 38.6 Å². The van der Waals surface area contributed by atoms with Crippen molar-refractivity contribution in [2.45, 2.75) is 6.54 Å². The van der Waals surface area contributed by atoms with Gasteiger partial charge in [0.1, 0.15) is 10.8 Å². The second-order valence-corrected chi connectivity index (χ2v) is 7.12. The summed E-state index contributed by atoms with van der Waals surface area (Å²) in [5.41, 5.74) is 11.1. The van der Waals surface area contributed by atoms with E-state index in [1.165, 1.54) is 4.70 Å². The zero-order valence-corrected chi connectivity index (χ0v) is 14.8. The average Bonchev–Trinajstić information content (AvgIpc) is 3.29. The molecule has 0 saturated carbocycles. The van der Waals surface area contributed by atoms with E-state index in [1.54, 1.807) is 11.3 Å². The zero-order chi connectivity index (χ0) is 17.5. The van der Waals surface area contributed by atoms with Crippen LogP contribution in [-0.2, 0) is 6.54 Å². The molecule has 5 rings (SSSR count). The van der Waals surface area contributed by atoms with Crippen LogP contribution in [0, 0.1) is 0 Å². The van der Waals surface area contributed by atoms with Crippen molar-refractivity contribution in [1.29, 1.82) is 0 Å². The van der Waals surface area contributed by atoms with E-state index in [1.807, 2.05) is 36.4 Å². The maximum atomic E-state index is 5.96. The van der Waals surface area contributed by atoms with Crippen molar-refractivity contribution in [3.05, 3.63) is 78.6 Å². The van der Waals surface area contributed by atoms with Crippen molar-refractivity contribution in [2.24, 2.45) is 5.73 Å². The lowest BCUT2D eigenvalue weighted by atomic mass is 10.2. The molecule has 0 bridgehead atoms. The Balaban J connectivity index is 1.69. The number of aromatic nitrogens is 3. The first-order valence-corrected chi connectivity index (χ1v) is 9.28. The second-order valence-electron chi connectivity index (χ2n) is 6.09. The SMILES string of the molecule is NCc1nc2cc(-c3nc4ccccc4s3)ccc2n1-c1ccccc1. The van der Waals surface area contributed by atoms with Crippen molar-refractivity contribution in [1.82, 2.24) is 14.5 Å². The molecule has 5 heteroatoms. The highest BCUT2D eigenvalue weighted by molar-refractivity contribution is 7.21. The molecule has 2 aromatic heterocycles. The number of fused-ring (bicyclic) bond motifs is 2. The van der Waals surface area contributed by atoms with Gasteiger partial charge in [-0.2, -0.15) is 0 Å². The quantitative estimate of drug-likeness (QED) is 0.507. The standard InChI is InChI=1S/C21H16N4S/c22-13-20-23-17-12-14(21-24-16-8-4-5-9-19(16)26-21)10-11-18(17)25(20)15-6-2-1-3-7-15/h1-12H,13,22H2. The van der Waals surface area contributed by atoms with Crippen LogP contribution in [0.5, 0.6) is 0 Å². The Morgan fingerprint density at radius 2 is 1.65 bits per heavy atom. The van der Waals surface area contributed by atoms with Gasteiger partial charge in [0.05, 0.1) is 27.8 Å². The topological polar surface area (TPSA) is 56.7 Å². The predicted octanol–water partition coefficient (Wildman–Crippen LogP) is 4.76. The van der Waals surface area contributed by atoms with Crippen LogP contribution in [0.3, 0.4) is 0 Å². The monoisotopic (exact) mass is 356 g/mol. The third kappa shape index (κ3) is 2.41.